The fraction of sp³-hybridized carbons (Fsp3) is 0.353. The molecule has 3 heterocycles. The zero-order valence-electron chi connectivity index (χ0n) is 27.2. The van der Waals surface area contributed by atoms with Gasteiger partial charge < -0.3 is 19.5 Å². The molecular formula is C34H37F2N7O4. The summed E-state index contributed by atoms with van der Waals surface area (Å²) in [7, 11) is 0. The smallest absolute Gasteiger partial charge is 0.306 e. The number of hydrogen-bond acceptors (Lipinski definition) is 10. The van der Waals surface area contributed by atoms with Crippen molar-refractivity contribution in [1.29, 1.82) is 0 Å². The van der Waals surface area contributed by atoms with Crippen molar-refractivity contribution in [2.75, 3.05) is 18.5 Å². The van der Waals surface area contributed by atoms with E-state index in [1.165, 1.54) is 10.9 Å². The van der Waals surface area contributed by atoms with Gasteiger partial charge in [-0.15, -0.1) is 0 Å². The minimum absolute atomic E-state index is 0.117. The van der Waals surface area contributed by atoms with Crippen molar-refractivity contribution in [2.24, 2.45) is 5.92 Å². The van der Waals surface area contributed by atoms with Crippen LogP contribution in [-0.4, -0.2) is 54.5 Å². The summed E-state index contributed by atoms with van der Waals surface area (Å²) in [4.78, 5) is 30.2. The lowest BCUT2D eigenvalue weighted by Crippen LogP contribution is -2.26. The van der Waals surface area contributed by atoms with Crippen LogP contribution in [0.2, 0.25) is 0 Å². The summed E-state index contributed by atoms with van der Waals surface area (Å²) >= 11 is 0. The number of carbonyl (C=O) groups excluding carboxylic acids is 1. The standard InChI is InChI=1S/C34H37F2N7O4/c1-7-45-22-15-25(35)24(26(36)16-22)18-43-27-11-9-8-10-23(27)31(42-43)33-38-17-28(32(41-33)40-29-12-13-37-21(3)39-29)46-19-20(2)14-30(44)47-34(4,5)6/h8-13,15-17,20H,7,14,18-19H2,1-6H3,(H,37,38,39,40,41)/t20-/m1/s1. The number of aryl methyl sites for hydroxylation is 1. The first kappa shape index (κ1) is 33.2. The Labute approximate surface area is 271 Å². The molecule has 2 aromatic carbocycles. The van der Waals surface area contributed by atoms with Gasteiger partial charge in [0.2, 0.25) is 0 Å². The van der Waals surface area contributed by atoms with Crippen LogP contribution in [0, 0.1) is 24.5 Å². The normalized spacial score (nSPS) is 12.2. The van der Waals surface area contributed by atoms with Crippen molar-refractivity contribution in [2.45, 2.75) is 60.1 Å². The molecule has 3 aromatic heterocycles. The Kier molecular flexibility index (Phi) is 9.92. The van der Waals surface area contributed by atoms with Crippen LogP contribution >= 0.6 is 0 Å². The Balaban J connectivity index is 1.47. The maximum atomic E-state index is 15.0. The first-order valence-corrected chi connectivity index (χ1v) is 15.2. The highest BCUT2D eigenvalue weighted by molar-refractivity contribution is 5.92. The third-order valence-electron chi connectivity index (χ3n) is 6.84. The second kappa shape index (κ2) is 14.1. The van der Waals surface area contributed by atoms with Crippen molar-refractivity contribution in [3.8, 4) is 23.0 Å². The maximum Gasteiger partial charge on any atom is 0.306 e. The van der Waals surface area contributed by atoms with Gasteiger partial charge in [-0.2, -0.15) is 5.10 Å². The largest absolute Gasteiger partial charge is 0.494 e. The van der Waals surface area contributed by atoms with Gasteiger partial charge in [0, 0.05) is 35.2 Å². The summed E-state index contributed by atoms with van der Waals surface area (Å²) in [6, 6.07) is 11.3. The zero-order valence-corrected chi connectivity index (χ0v) is 27.2. The Morgan fingerprint density at radius 3 is 2.49 bits per heavy atom. The van der Waals surface area contributed by atoms with E-state index in [4.69, 9.17) is 24.3 Å². The van der Waals surface area contributed by atoms with Crippen molar-refractivity contribution >= 4 is 28.5 Å². The SMILES string of the molecule is CCOc1cc(F)c(Cn2nc(-c3ncc(OC[C@H](C)CC(=O)OC(C)(C)C)c(Nc4ccnc(C)n4)n3)c3ccccc32)c(F)c1. The summed E-state index contributed by atoms with van der Waals surface area (Å²) in [5.41, 5.74) is 0.303. The number of ether oxygens (including phenoxy) is 3. The molecule has 0 amide bonds. The van der Waals surface area contributed by atoms with Gasteiger partial charge in [0.05, 0.1) is 37.9 Å². The van der Waals surface area contributed by atoms with E-state index in [0.29, 0.717) is 39.8 Å². The van der Waals surface area contributed by atoms with Gasteiger partial charge in [0.1, 0.15) is 40.3 Å². The van der Waals surface area contributed by atoms with Crippen molar-refractivity contribution in [1.82, 2.24) is 29.7 Å². The van der Waals surface area contributed by atoms with Crippen LogP contribution in [-0.2, 0) is 16.1 Å². The van der Waals surface area contributed by atoms with Crippen LogP contribution in [0.25, 0.3) is 22.4 Å². The Hall–Kier alpha value is -5.20. The van der Waals surface area contributed by atoms with Crippen LogP contribution in [0.1, 0.15) is 52.4 Å². The summed E-state index contributed by atoms with van der Waals surface area (Å²) in [6.45, 7) is 11.2. The highest BCUT2D eigenvalue weighted by Crippen LogP contribution is 2.32. The first-order valence-electron chi connectivity index (χ1n) is 15.2. The van der Waals surface area contributed by atoms with E-state index >= 15 is 8.78 Å². The van der Waals surface area contributed by atoms with Gasteiger partial charge >= 0.3 is 5.97 Å². The summed E-state index contributed by atoms with van der Waals surface area (Å²) in [5, 5.41) is 8.57. The van der Waals surface area contributed by atoms with Gasteiger partial charge in [-0.1, -0.05) is 25.1 Å². The van der Waals surface area contributed by atoms with Crippen molar-refractivity contribution < 1.29 is 27.8 Å². The van der Waals surface area contributed by atoms with Crippen molar-refractivity contribution in [3.63, 3.8) is 0 Å². The maximum absolute atomic E-state index is 15.0. The summed E-state index contributed by atoms with van der Waals surface area (Å²) in [5.74, 6) is 0.0648. The van der Waals surface area contributed by atoms with Gasteiger partial charge in [0.25, 0.3) is 0 Å². The summed E-state index contributed by atoms with van der Waals surface area (Å²) < 4.78 is 48.3. The van der Waals surface area contributed by atoms with E-state index in [-0.39, 0.29) is 55.2 Å². The van der Waals surface area contributed by atoms with Crippen LogP contribution in [0.15, 0.2) is 54.9 Å². The Morgan fingerprint density at radius 1 is 1.04 bits per heavy atom. The average molecular weight is 646 g/mol. The highest BCUT2D eigenvalue weighted by Gasteiger charge is 2.22. The van der Waals surface area contributed by atoms with Gasteiger partial charge in [-0.05, 0) is 46.8 Å². The molecular weight excluding hydrogens is 608 g/mol. The lowest BCUT2D eigenvalue weighted by atomic mass is 10.1. The third-order valence-corrected chi connectivity index (χ3v) is 6.84. The summed E-state index contributed by atoms with van der Waals surface area (Å²) in [6.07, 6.45) is 3.30. The molecule has 246 valence electrons. The van der Waals surface area contributed by atoms with Crippen LogP contribution in [0.5, 0.6) is 11.5 Å². The molecule has 0 spiro atoms. The molecule has 1 N–H and O–H groups in total. The minimum atomic E-state index is -0.736. The third kappa shape index (κ3) is 8.34. The topological polar surface area (TPSA) is 126 Å². The Morgan fingerprint density at radius 2 is 1.79 bits per heavy atom. The number of esters is 1. The van der Waals surface area contributed by atoms with E-state index in [2.05, 4.69) is 20.3 Å². The van der Waals surface area contributed by atoms with Gasteiger partial charge in [0.15, 0.2) is 17.4 Å². The number of nitrogens with one attached hydrogen (secondary N) is 1. The molecule has 13 heteroatoms. The number of rotatable bonds is 12. The van der Waals surface area contributed by atoms with Crippen LogP contribution in [0.3, 0.4) is 0 Å². The van der Waals surface area contributed by atoms with E-state index in [0.717, 1.165) is 12.1 Å². The lowest BCUT2D eigenvalue weighted by molar-refractivity contribution is -0.156. The van der Waals surface area contributed by atoms with E-state index < -0.39 is 17.2 Å². The molecule has 11 nitrogen and oxygen atoms in total. The molecule has 0 aliphatic rings. The second-order valence-corrected chi connectivity index (χ2v) is 12.0. The zero-order chi connectivity index (χ0) is 33.7. The van der Waals surface area contributed by atoms with Gasteiger partial charge in [-0.25, -0.2) is 28.7 Å². The van der Waals surface area contributed by atoms with E-state index in [1.807, 2.05) is 52.0 Å². The van der Waals surface area contributed by atoms with Crippen LogP contribution in [0.4, 0.5) is 20.4 Å². The number of nitrogens with zero attached hydrogens (tertiary/aromatic N) is 6. The number of hydrogen-bond donors (Lipinski definition) is 1. The lowest BCUT2D eigenvalue weighted by Gasteiger charge is -2.21. The number of benzene rings is 2. The van der Waals surface area contributed by atoms with Gasteiger partial charge in [-0.3, -0.25) is 9.48 Å². The number of anilines is 2. The molecule has 0 unspecified atom stereocenters. The molecule has 0 bridgehead atoms. The number of fused-ring (bicyclic) bond motifs is 1. The molecule has 1 atom stereocenters. The monoisotopic (exact) mass is 645 g/mol. The molecule has 0 aliphatic heterocycles. The molecule has 0 saturated carbocycles. The first-order chi connectivity index (χ1) is 22.4. The van der Waals surface area contributed by atoms with Crippen LogP contribution < -0.4 is 14.8 Å². The number of para-hydroxylation sites is 1. The molecule has 5 aromatic rings. The molecule has 0 radical (unpaired) electrons. The predicted molar refractivity (Wildman–Crippen MR) is 173 cm³/mol. The molecule has 0 saturated heterocycles. The molecule has 0 aliphatic carbocycles. The quantitative estimate of drug-likeness (QED) is 0.145. The number of aromatic nitrogens is 6. The Bertz CT molecular complexity index is 1870. The van der Waals surface area contributed by atoms with Crippen molar-refractivity contribution in [3.05, 3.63) is 77.9 Å². The van der Waals surface area contributed by atoms with E-state index in [1.54, 1.807) is 26.1 Å². The minimum Gasteiger partial charge on any atom is -0.494 e. The second-order valence-electron chi connectivity index (χ2n) is 12.0. The van der Waals surface area contributed by atoms with E-state index in [9.17, 15) is 4.79 Å². The molecule has 5 rings (SSSR count). The molecule has 0 fully saturated rings. The molecule has 47 heavy (non-hydrogen) atoms. The number of carbonyl (C=O) groups is 1. The fourth-order valence-electron chi connectivity index (χ4n) is 4.83. The predicted octanol–water partition coefficient (Wildman–Crippen LogP) is 6.81. The average Bonchev–Trinajstić information content (AvgIpc) is 3.36. The highest BCUT2D eigenvalue weighted by atomic mass is 19.1. The fourth-order valence-corrected chi connectivity index (χ4v) is 4.83. The number of halogens is 2.